The van der Waals surface area contributed by atoms with Crippen LogP contribution in [0.1, 0.15) is 34.9 Å². The van der Waals surface area contributed by atoms with Crippen LogP contribution in [-0.4, -0.2) is 23.2 Å². The second-order valence-corrected chi connectivity index (χ2v) is 5.94. The molecule has 0 aliphatic heterocycles. The van der Waals surface area contributed by atoms with Crippen molar-refractivity contribution in [2.45, 2.75) is 32.6 Å². The molecule has 0 saturated heterocycles. The van der Waals surface area contributed by atoms with Crippen LogP contribution in [0, 0.1) is 43.9 Å². The number of rotatable bonds is 2. The summed E-state index contributed by atoms with van der Waals surface area (Å²) < 4.78 is 6.77. The number of hydrogen-bond donors (Lipinski definition) is 0. The third-order valence-corrected chi connectivity index (χ3v) is 4.67. The Kier molecular flexibility index (Phi) is 5.03. The van der Waals surface area contributed by atoms with Crippen LogP contribution in [0.15, 0.2) is 11.1 Å². The molecule has 4 nitrogen and oxygen atoms in total. The summed E-state index contributed by atoms with van der Waals surface area (Å²) in [5.74, 6) is 4.83. The fraction of sp³-hybridized carbons (Fsp3) is 0.333. The molecule has 2 heterocycles. The zero-order valence-electron chi connectivity index (χ0n) is 13.9. The zero-order chi connectivity index (χ0) is 17.1. The van der Waals surface area contributed by atoms with Gasteiger partial charge in [-0.25, -0.2) is 4.79 Å². The average molecular weight is 326 g/mol. The van der Waals surface area contributed by atoms with Gasteiger partial charge >= 0.3 is 5.97 Å². The average Bonchev–Trinajstić information content (AvgIpc) is 2.83. The van der Waals surface area contributed by atoms with Crippen molar-refractivity contribution in [3.63, 3.8) is 0 Å². The van der Waals surface area contributed by atoms with Gasteiger partial charge in [-0.05, 0) is 56.6 Å². The van der Waals surface area contributed by atoms with E-state index in [1.54, 1.807) is 6.92 Å². The van der Waals surface area contributed by atoms with Crippen LogP contribution in [0.25, 0.3) is 5.52 Å². The summed E-state index contributed by atoms with van der Waals surface area (Å²) in [4.78, 5) is 12.3. The van der Waals surface area contributed by atoms with E-state index < -0.39 is 5.97 Å². The largest absolute Gasteiger partial charge is 0.456 e. The summed E-state index contributed by atoms with van der Waals surface area (Å²) in [6.07, 6.45) is 3.87. The molecule has 0 N–H and O–H groups in total. The highest BCUT2D eigenvalue weighted by atomic mass is 32.2. The van der Waals surface area contributed by atoms with E-state index >= 15 is 0 Å². The first-order valence-electron chi connectivity index (χ1n) is 7.23. The molecule has 2 aromatic rings. The van der Waals surface area contributed by atoms with Crippen LogP contribution >= 0.6 is 11.8 Å². The van der Waals surface area contributed by atoms with Crippen molar-refractivity contribution in [3.05, 3.63) is 34.1 Å². The van der Waals surface area contributed by atoms with Crippen molar-refractivity contribution in [2.24, 2.45) is 0 Å². The topological polar surface area (TPSA) is 54.5 Å². The van der Waals surface area contributed by atoms with Crippen molar-refractivity contribution < 1.29 is 9.53 Å². The van der Waals surface area contributed by atoms with Crippen LogP contribution in [0.2, 0.25) is 0 Å². The molecule has 0 amide bonds. The molecule has 0 atom stereocenters. The van der Waals surface area contributed by atoms with Crippen LogP contribution in [0.4, 0.5) is 0 Å². The summed E-state index contributed by atoms with van der Waals surface area (Å²) in [6.45, 7) is 8.10. The predicted octanol–water partition coefficient (Wildman–Crippen LogP) is 3.37. The van der Waals surface area contributed by atoms with Crippen molar-refractivity contribution >= 4 is 23.2 Å². The van der Waals surface area contributed by atoms with Crippen molar-refractivity contribution in [1.82, 2.24) is 4.40 Å². The molecule has 23 heavy (non-hydrogen) atoms. The van der Waals surface area contributed by atoms with Gasteiger partial charge in [0.05, 0.1) is 22.6 Å². The van der Waals surface area contributed by atoms with Crippen molar-refractivity contribution in [3.8, 4) is 17.9 Å². The van der Waals surface area contributed by atoms with E-state index in [9.17, 15) is 10.1 Å². The Labute approximate surface area is 140 Å². The number of fused-ring (bicyclic) bond motifs is 1. The number of nitriles is 1. The van der Waals surface area contributed by atoms with Crippen molar-refractivity contribution in [1.29, 1.82) is 5.26 Å². The van der Waals surface area contributed by atoms with Crippen LogP contribution in [-0.2, 0) is 9.53 Å². The van der Waals surface area contributed by atoms with Gasteiger partial charge in [-0.15, -0.1) is 11.8 Å². The van der Waals surface area contributed by atoms with Crippen molar-refractivity contribution in [2.75, 3.05) is 12.9 Å². The van der Waals surface area contributed by atoms with E-state index in [-0.39, 0.29) is 0 Å². The fourth-order valence-corrected chi connectivity index (χ4v) is 3.21. The maximum atomic E-state index is 11.5. The number of thioether (sulfide) groups is 1. The second-order valence-electron chi connectivity index (χ2n) is 5.12. The SMILES string of the molecule is CCOC(=O)C#Cc1c(SC)c(C#N)c2c(C)c(C)c(C)cn12. The number of carbonyl (C=O) groups excluding carboxylic acids is 1. The lowest BCUT2D eigenvalue weighted by molar-refractivity contribution is -0.136. The van der Waals surface area contributed by atoms with Gasteiger partial charge in [-0.1, -0.05) is 0 Å². The minimum Gasteiger partial charge on any atom is -0.456 e. The van der Waals surface area contributed by atoms with Gasteiger partial charge in [0.1, 0.15) is 11.8 Å². The lowest BCUT2D eigenvalue weighted by atomic mass is 10.0. The molecule has 0 aliphatic carbocycles. The van der Waals surface area contributed by atoms with E-state index in [0.29, 0.717) is 17.9 Å². The molecule has 0 bridgehead atoms. The van der Waals surface area contributed by atoms with Gasteiger partial charge in [0, 0.05) is 12.1 Å². The monoisotopic (exact) mass is 326 g/mol. The maximum absolute atomic E-state index is 11.5. The van der Waals surface area contributed by atoms with Crippen LogP contribution in [0.5, 0.6) is 0 Å². The molecular weight excluding hydrogens is 308 g/mol. The van der Waals surface area contributed by atoms with E-state index in [2.05, 4.69) is 17.9 Å². The smallest absolute Gasteiger partial charge is 0.384 e. The highest BCUT2D eigenvalue weighted by molar-refractivity contribution is 7.98. The molecule has 0 saturated carbocycles. The van der Waals surface area contributed by atoms with E-state index in [1.807, 2.05) is 37.6 Å². The summed E-state index contributed by atoms with van der Waals surface area (Å²) >= 11 is 1.46. The van der Waals surface area contributed by atoms with Gasteiger partial charge < -0.3 is 9.14 Å². The zero-order valence-corrected chi connectivity index (χ0v) is 14.7. The van der Waals surface area contributed by atoms with E-state index in [1.165, 1.54) is 11.8 Å². The molecule has 0 radical (unpaired) electrons. The van der Waals surface area contributed by atoms with E-state index in [0.717, 1.165) is 27.1 Å². The quantitative estimate of drug-likeness (QED) is 0.482. The highest BCUT2D eigenvalue weighted by Gasteiger charge is 2.19. The van der Waals surface area contributed by atoms with Gasteiger partial charge in [-0.3, -0.25) is 0 Å². The maximum Gasteiger partial charge on any atom is 0.384 e. The minimum absolute atomic E-state index is 0.290. The number of nitrogens with zero attached hydrogens (tertiary/aromatic N) is 2. The van der Waals surface area contributed by atoms with Gasteiger partial charge in [0.25, 0.3) is 0 Å². The Morgan fingerprint density at radius 3 is 2.61 bits per heavy atom. The summed E-state index contributed by atoms with van der Waals surface area (Å²) in [5, 5.41) is 9.59. The molecule has 0 fully saturated rings. The Hall–Kier alpha value is -2.37. The Bertz CT molecular complexity index is 892. The standard InChI is InChI=1S/C18H18N2O2S/c1-6-22-16(21)8-7-15-18(23-5)14(9-19)17-13(4)12(3)11(2)10-20(15)17/h10H,6H2,1-5H3. The molecule has 0 spiro atoms. The molecular formula is C18H18N2O2S. The summed E-state index contributed by atoms with van der Waals surface area (Å²) in [5.41, 5.74) is 5.44. The first-order chi connectivity index (χ1) is 11.0. The second kappa shape index (κ2) is 6.81. The third kappa shape index (κ3) is 2.93. The lowest BCUT2D eigenvalue weighted by Gasteiger charge is -2.08. The summed E-state index contributed by atoms with van der Waals surface area (Å²) in [7, 11) is 0. The van der Waals surface area contributed by atoms with Crippen LogP contribution < -0.4 is 0 Å². The van der Waals surface area contributed by atoms with Gasteiger partial charge in [-0.2, -0.15) is 5.26 Å². The Morgan fingerprint density at radius 2 is 2.04 bits per heavy atom. The first-order valence-corrected chi connectivity index (χ1v) is 8.46. The number of esters is 1. The van der Waals surface area contributed by atoms with E-state index in [4.69, 9.17) is 4.74 Å². The minimum atomic E-state index is -0.562. The van der Waals surface area contributed by atoms with Crippen LogP contribution in [0.3, 0.4) is 0 Å². The fourth-order valence-electron chi connectivity index (χ4n) is 2.53. The Morgan fingerprint density at radius 1 is 1.35 bits per heavy atom. The summed E-state index contributed by atoms with van der Waals surface area (Å²) in [6, 6.07) is 2.28. The molecule has 2 rings (SSSR count). The lowest BCUT2D eigenvalue weighted by Crippen LogP contribution is -2.00. The number of ether oxygens (including phenoxy) is 1. The van der Waals surface area contributed by atoms with Gasteiger partial charge in [0.2, 0.25) is 0 Å². The molecule has 0 aromatic carbocycles. The number of aromatic nitrogens is 1. The highest BCUT2D eigenvalue weighted by Crippen LogP contribution is 2.33. The number of hydrogen-bond acceptors (Lipinski definition) is 4. The Balaban J connectivity index is 2.84. The first kappa shape index (κ1) is 17.0. The normalized spacial score (nSPS) is 10.1. The molecule has 118 valence electrons. The third-order valence-electron chi connectivity index (χ3n) is 3.87. The molecule has 0 unspecified atom stereocenters. The molecule has 2 aromatic heterocycles. The molecule has 0 aliphatic rings. The number of pyridine rings is 1. The molecule has 5 heteroatoms. The number of aryl methyl sites for hydroxylation is 2. The predicted molar refractivity (Wildman–Crippen MR) is 91.6 cm³/mol. The van der Waals surface area contributed by atoms with Gasteiger partial charge in [0.15, 0.2) is 0 Å². The number of carbonyl (C=O) groups is 1.